The number of halogens is 1. The van der Waals surface area contributed by atoms with Crippen molar-refractivity contribution < 1.29 is 24.0 Å². The average molecular weight is 298 g/mol. The number of hydrogen-bond donors (Lipinski definition) is 2. The Bertz CT molecular complexity index is 586. The first-order chi connectivity index (χ1) is 9.60. The zero-order valence-electron chi connectivity index (χ0n) is 11.6. The number of carboxylic acids is 1. The van der Waals surface area contributed by atoms with Crippen LogP contribution in [0.2, 0.25) is 0 Å². The van der Waals surface area contributed by atoms with Gasteiger partial charge < -0.3 is 10.4 Å². The average Bonchev–Trinajstić information content (AvgIpc) is 2.28. The van der Waals surface area contributed by atoms with Gasteiger partial charge in [-0.15, -0.1) is 0 Å². The fourth-order valence-corrected chi connectivity index (χ4v) is 1.86. The first-order valence-corrected chi connectivity index (χ1v) is 6.06. The Kier molecular flexibility index (Phi) is 4.96. The molecular weight excluding hydrogens is 283 g/mol. The quantitative estimate of drug-likeness (QED) is 0.619. The maximum Gasteiger partial charge on any atom is 0.303 e. The number of rotatable bonds is 6. The van der Waals surface area contributed by atoms with Crippen LogP contribution in [0.5, 0.6) is 0 Å². The van der Waals surface area contributed by atoms with Crippen LogP contribution in [-0.2, 0) is 9.59 Å². The summed E-state index contributed by atoms with van der Waals surface area (Å²) >= 11 is 0. The van der Waals surface area contributed by atoms with Gasteiger partial charge in [-0.05, 0) is 17.5 Å². The number of aliphatic carboxylic acids is 1. The van der Waals surface area contributed by atoms with Gasteiger partial charge in [0.05, 0.1) is 17.4 Å². The zero-order valence-corrected chi connectivity index (χ0v) is 11.6. The number of nitro benzene ring substituents is 1. The lowest BCUT2D eigenvalue weighted by molar-refractivity contribution is -0.384. The molecule has 114 valence electrons. The van der Waals surface area contributed by atoms with Crippen molar-refractivity contribution in [3.05, 3.63) is 34.1 Å². The second-order valence-electron chi connectivity index (χ2n) is 5.38. The normalized spacial score (nSPS) is 11.0. The molecule has 0 radical (unpaired) electrons. The fourth-order valence-electron chi connectivity index (χ4n) is 1.86. The van der Waals surface area contributed by atoms with Gasteiger partial charge in [0.1, 0.15) is 11.5 Å². The molecule has 1 amide bonds. The van der Waals surface area contributed by atoms with Crippen LogP contribution >= 0.6 is 0 Å². The highest BCUT2D eigenvalue weighted by atomic mass is 19.1. The summed E-state index contributed by atoms with van der Waals surface area (Å²) in [5.74, 6) is -2.40. The zero-order chi connectivity index (χ0) is 16.2. The Hall–Kier alpha value is -2.51. The van der Waals surface area contributed by atoms with Crippen molar-refractivity contribution in [1.29, 1.82) is 0 Å². The molecule has 0 spiro atoms. The van der Waals surface area contributed by atoms with E-state index in [0.717, 1.165) is 12.1 Å². The number of anilines is 1. The van der Waals surface area contributed by atoms with Gasteiger partial charge in [-0.1, -0.05) is 13.8 Å². The molecule has 0 heterocycles. The number of benzene rings is 1. The number of nitrogens with one attached hydrogen (secondary N) is 1. The van der Waals surface area contributed by atoms with Crippen LogP contribution in [0.15, 0.2) is 18.2 Å². The Labute approximate surface area is 119 Å². The van der Waals surface area contributed by atoms with Crippen LogP contribution in [0.1, 0.15) is 26.7 Å². The third-order valence-corrected chi connectivity index (χ3v) is 2.70. The Morgan fingerprint density at radius 2 is 2.00 bits per heavy atom. The predicted octanol–water partition coefficient (Wildman–Crippen LogP) is 2.56. The number of hydrogen-bond acceptors (Lipinski definition) is 4. The first kappa shape index (κ1) is 16.5. The number of carboxylic acid groups (broad SMARTS) is 1. The SMILES string of the molecule is CC(C)(CC(=O)O)CC(=O)Nc1ccc(F)cc1[N+](=O)[O-]. The second kappa shape index (κ2) is 6.29. The van der Waals surface area contributed by atoms with Gasteiger partial charge in [0.2, 0.25) is 5.91 Å². The van der Waals surface area contributed by atoms with Crippen LogP contribution in [0.3, 0.4) is 0 Å². The van der Waals surface area contributed by atoms with Crippen molar-refractivity contribution in [2.75, 3.05) is 5.32 Å². The van der Waals surface area contributed by atoms with E-state index in [2.05, 4.69) is 5.32 Å². The Morgan fingerprint density at radius 1 is 1.38 bits per heavy atom. The molecule has 0 bridgehead atoms. The van der Waals surface area contributed by atoms with Gasteiger partial charge in [0, 0.05) is 6.42 Å². The summed E-state index contributed by atoms with van der Waals surface area (Å²) in [5.41, 5.74) is -1.48. The minimum absolute atomic E-state index is 0.127. The van der Waals surface area contributed by atoms with Gasteiger partial charge >= 0.3 is 5.97 Å². The summed E-state index contributed by atoms with van der Waals surface area (Å²) in [6.07, 6.45) is -0.347. The molecule has 0 aliphatic heterocycles. The second-order valence-corrected chi connectivity index (χ2v) is 5.38. The van der Waals surface area contributed by atoms with E-state index >= 15 is 0 Å². The molecular formula is C13H15FN2O5. The van der Waals surface area contributed by atoms with E-state index in [-0.39, 0.29) is 18.5 Å². The Balaban J connectivity index is 2.84. The maximum atomic E-state index is 13.0. The van der Waals surface area contributed by atoms with Gasteiger partial charge in [-0.2, -0.15) is 0 Å². The van der Waals surface area contributed by atoms with Crippen LogP contribution in [0, 0.1) is 21.3 Å². The summed E-state index contributed by atoms with van der Waals surface area (Å²) in [7, 11) is 0. The summed E-state index contributed by atoms with van der Waals surface area (Å²) in [5, 5.41) is 21.8. The minimum atomic E-state index is -1.04. The van der Waals surface area contributed by atoms with E-state index in [1.165, 1.54) is 0 Å². The van der Waals surface area contributed by atoms with Crippen molar-refractivity contribution in [2.45, 2.75) is 26.7 Å². The number of nitrogens with zero attached hydrogens (tertiary/aromatic N) is 1. The van der Waals surface area contributed by atoms with Crippen LogP contribution in [0.4, 0.5) is 15.8 Å². The predicted molar refractivity (Wildman–Crippen MR) is 72.3 cm³/mol. The number of carbonyl (C=O) groups excluding carboxylic acids is 1. The molecule has 0 fully saturated rings. The molecule has 8 heteroatoms. The van der Waals surface area contributed by atoms with Crippen molar-refractivity contribution in [3.8, 4) is 0 Å². The number of nitro groups is 1. The molecule has 1 rings (SSSR count). The third-order valence-electron chi connectivity index (χ3n) is 2.70. The summed E-state index contributed by atoms with van der Waals surface area (Å²) in [6, 6.07) is 2.79. The molecule has 7 nitrogen and oxygen atoms in total. The van der Waals surface area contributed by atoms with E-state index in [0.29, 0.717) is 6.07 Å². The summed E-state index contributed by atoms with van der Waals surface area (Å²) in [4.78, 5) is 32.5. The number of carbonyl (C=O) groups is 2. The maximum absolute atomic E-state index is 13.0. The van der Waals surface area contributed by atoms with Crippen LogP contribution < -0.4 is 5.32 Å². The molecule has 0 aromatic heterocycles. The third kappa shape index (κ3) is 5.17. The lowest BCUT2D eigenvalue weighted by atomic mass is 9.85. The van der Waals surface area contributed by atoms with E-state index in [1.807, 2.05) is 0 Å². The van der Waals surface area contributed by atoms with Gasteiger partial charge in [-0.25, -0.2) is 4.39 Å². The molecule has 1 aromatic carbocycles. The summed E-state index contributed by atoms with van der Waals surface area (Å²) < 4.78 is 13.0. The highest BCUT2D eigenvalue weighted by Crippen LogP contribution is 2.28. The highest BCUT2D eigenvalue weighted by molar-refractivity contribution is 5.93. The molecule has 0 unspecified atom stereocenters. The van der Waals surface area contributed by atoms with Crippen molar-refractivity contribution in [3.63, 3.8) is 0 Å². The lowest BCUT2D eigenvalue weighted by Crippen LogP contribution is -2.25. The van der Waals surface area contributed by atoms with Crippen molar-refractivity contribution in [1.82, 2.24) is 0 Å². The molecule has 0 saturated carbocycles. The molecule has 2 N–H and O–H groups in total. The molecule has 0 aliphatic rings. The van der Waals surface area contributed by atoms with Crippen molar-refractivity contribution >= 4 is 23.3 Å². The lowest BCUT2D eigenvalue weighted by Gasteiger charge is -2.21. The molecule has 0 aliphatic carbocycles. The molecule has 0 saturated heterocycles. The smallest absolute Gasteiger partial charge is 0.303 e. The summed E-state index contributed by atoms with van der Waals surface area (Å²) in [6.45, 7) is 3.19. The fraction of sp³-hybridized carbons (Fsp3) is 0.385. The van der Waals surface area contributed by atoms with Gasteiger partial charge in [0.25, 0.3) is 5.69 Å². The Morgan fingerprint density at radius 3 is 2.52 bits per heavy atom. The van der Waals surface area contributed by atoms with Crippen LogP contribution in [-0.4, -0.2) is 21.9 Å². The molecule has 1 aromatic rings. The van der Waals surface area contributed by atoms with E-state index < -0.39 is 33.7 Å². The first-order valence-electron chi connectivity index (χ1n) is 6.06. The number of amides is 1. The van der Waals surface area contributed by atoms with Crippen molar-refractivity contribution in [2.24, 2.45) is 5.41 Å². The largest absolute Gasteiger partial charge is 0.481 e. The standard InChI is InChI=1S/C13H15FN2O5/c1-13(2,7-12(18)19)6-11(17)15-9-4-3-8(14)5-10(9)16(20)21/h3-5H,6-7H2,1-2H3,(H,15,17)(H,18,19). The minimum Gasteiger partial charge on any atom is -0.481 e. The highest BCUT2D eigenvalue weighted by Gasteiger charge is 2.26. The molecule has 21 heavy (non-hydrogen) atoms. The van der Waals surface area contributed by atoms with E-state index in [9.17, 15) is 24.1 Å². The monoisotopic (exact) mass is 298 g/mol. The van der Waals surface area contributed by atoms with Gasteiger partial charge in [0.15, 0.2) is 0 Å². The topological polar surface area (TPSA) is 110 Å². The van der Waals surface area contributed by atoms with Crippen LogP contribution in [0.25, 0.3) is 0 Å². The van der Waals surface area contributed by atoms with Gasteiger partial charge in [-0.3, -0.25) is 19.7 Å². The van der Waals surface area contributed by atoms with E-state index in [1.54, 1.807) is 13.8 Å². The molecule has 0 atom stereocenters. The van der Waals surface area contributed by atoms with E-state index in [4.69, 9.17) is 5.11 Å².